The highest BCUT2D eigenvalue weighted by atomic mass is 16.5. The number of nitrogens with two attached hydrogens (primary N) is 1. The summed E-state index contributed by atoms with van der Waals surface area (Å²) in [5.74, 6) is 0.441. The first-order chi connectivity index (χ1) is 10.6. The number of allylic oxidation sites excluding steroid dienone is 1. The van der Waals surface area contributed by atoms with Gasteiger partial charge in [0.15, 0.2) is 0 Å². The Morgan fingerprint density at radius 1 is 1.32 bits per heavy atom. The molecule has 1 saturated heterocycles. The maximum absolute atomic E-state index is 11.4. The molecule has 0 radical (unpaired) electrons. The topological polar surface area (TPSA) is 52.3 Å². The van der Waals surface area contributed by atoms with Crippen LogP contribution in [0.2, 0.25) is 0 Å². The lowest BCUT2D eigenvalue weighted by atomic mass is 9.94. The number of hydrogen-bond donors (Lipinski definition) is 1. The van der Waals surface area contributed by atoms with Crippen LogP contribution >= 0.6 is 0 Å². The summed E-state index contributed by atoms with van der Waals surface area (Å²) in [6, 6.07) is 8.45. The van der Waals surface area contributed by atoms with Crippen molar-refractivity contribution in [3.8, 4) is 0 Å². The van der Waals surface area contributed by atoms with Crippen LogP contribution in [0.1, 0.15) is 57.1 Å². The lowest BCUT2D eigenvalue weighted by Gasteiger charge is -2.26. The molecule has 0 amide bonds. The molecule has 0 bridgehead atoms. The highest BCUT2D eigenvalue weighted by molar-refractivity contribution is 5.70. The van der Waals surface area contributed by atoms with E-state index in [-0.39, 0.29) is 12.1 Å². The molecule has 1 heterocycles. The first-order valence-electron chi connectivity index (χ1n) is 8.29. The summed E-state index contributed by atoms with van der Waals surface area (Å²) in [6.45, 7) is 4.08. The number of esters is 1. The molecule has 1 aliphatic rings. The van der Waals surface area contributed by atoms with Gasteiger partial charge in [-0.3, -0.25) is 4.79 Å². The van der Waals surface area contributed by atoms with Gasteiger partial charge < -0.3 is 10.5 Å². The zero-order valence-corrected chi connectivity index (χ0v) is 13.7. The van der Waals surface area contributed by atoms with Crippen molar-refractivity contribution in [2.75, 3.05) is 0 Å². The van der Waals surface area contributed by atoms with E-state index in [1.165, 1.54) is 5.56 Å². The Hall–Kier alpha value is -1.77. The highest BCUT2D eigenvalue weighted by Crippen LogP contribution is 2.24. The number of unbranched alkanes of at least 4 members (excludes halogenated alkanes) is 1. The Morgan fingerprint density at radius 2 is 2.05 bits per heavy atom. The minimum atomic E-state index is -0.0269. The Kier molecular flexibility index (Phi) is 6.05. The average molecular weight is 301 g/mol. The van der Waals surface area contributed by atoms with Crippen molar-refractivity contribution in [3.63, 3.8) is 0 Å². The Labute approximate surface area is 133 Å². The monoisotopic (exact) mass is 301 g/mol. The van der Waals surface area contributed by atoms with Gasteiger partial charge in [-0.1, -0.05) is 37.3 Å². The number of rotatable bonds is 6. The van der Waals surface area contributed by atoms with E-state index in [4.69, 9.17) is 10.5 Å². The minimum Gasteiger partial charge on any atom is -0.462 e. The third-order valence-electron chi connectivity index (χ3n) is 4.32. The van der Waals surface area contributed by atoms with E-state index in [2.05, 4.69) is 31.2 Å². The molecule has 3 nitrogen and oxygen atoms in total. The Bertz CT molecular complexity index is 519. The summed E-state index contributed by atoms with van der Waals surface area (Å²) in [4.78, 5) is 11.4. The van der Waals surface area contributed by atoms with Gasteiger partial charge in [0, 0.05) is 12.1 Å². The lowest BCUT2D eigenvalue weighted by molar-refractivity contribution is -0.156. The highest BCUT2D eigenvalue weighted by Gasteiger charge is 2.25. The standard InChI is InChI=1S/C19H27NO2/c1-3-18(20)16-10-8-15(9-11-16)6-4-5-7-17-12-14(2)13-19(21)22-17/h3,8-11,14,17H,4-7,12-13,20H2,1-2H3/b18-3+. The van der Waals surface area contributed by atoms with Crippen molar-refractivity contribution in [1.82, 2.24) is 0 Å². The van der Waals surface area contributed by atoms with Gasteiger partial charge >= 0.3 is 5.97 Å². The van der Waals surface area contributed by atoms with E-state index in [0.29, 0.717) is 12.3 Å². The maximum Gasteiger partial charge on any atom is 0.306 e. The largest absolute Gasteiger partial charge is 0.462 e. The Balaban J connectivity index is 1.71. The molecular formula is C19H27NO2. The molecule has 0 aromatic heterocycles. The van der Waals surface area contributed by atoms with Gasteiger partial charge in [0.1, 0.15) is 6.10 Å². The molecule has 2 atom stereocenters. The molecule has 2 unspecified atom stereocenters. The third kappa shape index (κ3) is 4.90. The fourth-order valence-electron chi connectivity index (χ4n) is 3.01. The summed E-state index contributed by atoms with van der Waals surface area (Å²) < 4.78 is 5.40. The minimum absolute atomic E-state index is 0.0269. The second-order valence-corrected chi connectivity index (χ2v) is 6.34. The van der Waals surface area contributed by atoms with Crippen LogP contribution in [0.15, 0.2) is 30.3 Å². The van der Waals surface area contributed by atoms with Gasteiger partial charge in [-0.2, -0.15) is 0 Å². The summed E-state index contributed by atoms with van der Waals surface area (Å²) in [6.07, 6.45) is 7.92. The molecule has 120 valence electrons. The van der Waals surface area contributed by atoms with E-state index in [1.807, 2.05) is 13.0 Å². The van der Waals surface area contributed by atoms with E-state index in [1.54, 1.807) is 0 Å². The first-order valence-corrected chi connectivity index (χ1v) is 8.29. The molecule has 0 saturated carbocycles. The number of carbonyl (C=O) groups is 1. The van der Waals surface area contributed by atoms with Gasteiger partial charge in [0.05, 0.1) is 0 Å². The quantitative estimate of drug-likeness (QED) is 0.637. The smallest absolute Gasteiger partial charge is 0.306 e. The Morgan fingerprint density at radius 3 is 2.68 bits per heavy atom. The van der Waals surface area contributed by atoms with Gasteiger partial charge in [-0.15, -0.1) is 0 Å². The van der Waals surface area contributed by atoms with Crippen LogP contribution in [0.3, 0.4) is 0 Å². The van der Waals surface area contributed by atoms with Gasteiger partial charge in [-0.25, -0.2) is 0 Å². The second-order valence-electron chi connectivity index (χ2n) is 6.34. The van der Waals surface area contributed by atoms with Gasteiger partial charge in [0.25, 0.3) is 0 Å². The number of cyclic esters (lactones) is 1. The van der Waals surface area contributed by atoms with Crippen LogP contribution in [0.4, 0.5) is 0 Å². The predicted octanol–water partition coefficient (Wildman–Crippen LogP) is 4.06. The van der Waals surface area contributed by atoms with Crippen molar-refractivity contribution < 1.29 is 9.53 Å². The average Bonchev–Trinajstić information content (AvgIpc) is 2.50. The van der Waals surface area contributed by atoms with Crippen molar-refractivity contribution in [2.24, 2.45) is 11.7 Å². The molecule has 1 fully saturated rings. The number of aryl methyl sites for hydroxylation is 1. The van der Waals surface area contributed by atoms with Crippen molar-refractivity contribution in [2.45, 2.75) is 58.5 Å². The van der Waals surface area contributed by atoms with E-state index in [9.17, 15) is 4.79 Å². The maximum atomic E-state index is 11.4. The van der Waals surface area contributed by atoms with Crippen molar-refractivity contribution in [1.29, 1.82) is 0 Å². The molecule has 1 aromatic carbocycles. The normalized spacial score (nSPS) is 22.5. The fourth-order valence-corrected chi connectivity index (χ4v) is 3.01. The summed E-state index contributed by atoms with van der Waals surface area (Å²) in [7, 11) is 0. The SMILES string of the molecule is C/C=C(/N)c1ccc(CCCCC2CC(C)CC(=O)O2)cc1. The van der Waals surface area contributed by atoms with Crippen LogP contribution in [-0.4, -0.2) is 12.1 Å². The zero-order chi connectivity index (χ0) is 15.9. The third-order valence-corrected chi connectivity index (χ3v) is 4.32. The van der Waals surface area contributed by atoms with Crippen LogP contribution in [0.5, 0.6) is 0 Å². The van der Waals surface area contributed by atoms with Crippen LogP contribution in [-0.2, 0) is 16.0 Å². The van der Waals surface area contributed by atoms with Crippen LogP contribution in [0, 0.1) is 5.92 Å². The van der Waals surface area contributed by atoms with E-state index >= 15 is 0 Å². The summed E-state index contributed by atoms with van der Waals surface area (Å²) in [5.41, 5.74) is 9.12. The van der Waals surface area contributed by atoms with E-state index in [0.717, 1.165) is 43.4 Å². The summed E-state index contributed by atoms with van der Waals surface area (Å²) in [5, 5.41) is 0. The van der Waals surface area contributed by atoms with Crippen molar-refractivity contribution in [3.05, 3.63) is 41.5 Å². The number of ether oxygens (including phenoxy) is 1. The molecule has 2 N–H and O–H groups in total. The number of carbonyl (C=O) groups excluding carboxylic acids is 1. The molecule has 0 spiro atoms. The predicted molar refractivity (Wildman–Crippen MR) is 90.1 cm³/mol. The van der Waals surface area contributed by atoms with Gasteiger partial charge in [-0.05, 0) is 56.1 Å². The van der Waals surface area contributed by atoms with E-state index < -0.39 is 0 Å². The first kappa shape index (κ1) is 16.6. The van der Waals surface area contributed by atoms with Gasteiger partial charge in [0.2, 0.25) is 0 Å². The summed E-state index contributed by atoms with van der Waals surface area (Å²) >= 11 is 0. The lowest BCUT2D eigenvalue weighted by Crippen LogP contribution is -2.28. The fraction of sp³-hybridized carbons (Fsp3) is 0.526. The molecule has 3 heteroatoms. The van der Waals surface area contributed by atoms with Crippen LogP contribution < -0.4 is 5.73 Å². The second kappa shape index (κ2) is 8.02. The molecule has 1 aliphatic heterocycles. The molecule has 22 heavy (non-hydrogen) atoms. The zero-order valence-electron chi connectivity index (χ0n) is 13.7. The molecule has 2 rings (SSSR count). The van der Waals surface area contributed by atoms with Crippen molar-refractivity contribution >= 4 is 11.7 Å². The van der Waals surface area contributed by atoms with Crippen LogP contribution in [0.25, 0.3) is 5.70 Å². The number of benzene rings is 1. The molecule has 0 aliphatic carbocycles. The molecular weight excluding hydrogens is 274 g/mol. The molecule has 1 aromatic rings. The number of hydrogen-bond acceptors (Lipinski definition) is 3.